The zero-order chi connectivity index (χ0) is 18.8. The maximum absolute atomic E-state index is 12.5. The third-order valence-corrected chi connectivity index (χ3v) is 5.51. The summed E-state index contributed by atoms with van der Waals surface area (Å²) in [6, 6.07) is 4.07. The number of urea groups is 2. The molecule has 3 rings (SSSR count). The van der Waals surface area contributed by atoms with E-state index in [2.05, 4.69) is 15.6 Å². The molecule has 0 radical (unpaired) electrons. The SMILES string of the molecule is CC(C)N1C(=O)NC2CCCCC2/C1=N\C(=O)Nc1ccc(Cl)c(Cl)c1. The summed E-state index contributed by atoms with van der Waals surface area (Å²) in [7, 11) is 0. The van der Waals surface area contributed by atoms with Crippen LogP contribution in [0.5, 0.6) is 0 Å². The van der Waals surface area contributed by atoms with Crippen LogP contribution in [-0.4, -0.2) is 34.9 Å². The summed E-state index contributed by atoms with van der Waals surface area (Å²) >= 11 is 11.9. The second-order valence-corrected chi connectivity index (χ2v) is 7.75. The summed E-state index contributed by atoms with van der Waals surface area (Å²) < 4.78 is 0. The minimum atomic E-state index is -0.525. The van der Waals surface area contributed by atoms with E-state index in [-0.39, 0.29) is 24.0 Å². The molecule has 1 aliphatic heterocycles. The van der Waals surface area contributed by atoms with Gasteiger partial charge in [-0.2, -0.15) is 4.99 Å². The molecule has 1 saturated carbocycles. The van der Waals surface area contributed by atoms with E-state index in [1.54, 1.807) is 23.1 Å². The minimum Gasteiger partial charge on any atom is -0.334 e. The van der Waals surface area contributed by atoms with E-state index in [9.17, 15) is 9.59 Å². The fraction of sp³-hybridized carbons (Fsp3) is 0.500. The molecule has 140 valence electrons. The molecule has 8 heteroatoms. The maximum atomic E-state index is 12.5. The molecule has 1 aromatic carbocycles. The van der Waals surface area contributed by atoms with Gasteiger partial charge in [-0.15, -0.1) is 0 Å². The van der Waals surface area contributed by atoms with E-state index in [0.29, 0.717) is 21.6 Å². The standard InChI is InChI=1S/C18H22Cl2N4O2/c1-10(2)24-16(12-5-3-4-6-15(12)22-18(24)26)23-17(25)21-11-7-8-13(19)14(20)9-11/h7-10,12,15H,3-6H2,1-2H3,(H,21,25)(H,22,26)/b23-16+. The van der Waals surface area contributed by atoms with Crippen LogP contribution >= 0.6 is 23.2 Å². The normalized spacial score (nSPS) is 24.4. The van der Waals surface area contributed by atoms with Gasteiger partial charge in [-0.3, -0.25) is 4.90 Å². The lowest BCUT2D eigenvalue weighted by molar-refractivity contribution is 0.180. The van der Waals surface area contributed by atoms with Gasteiger partial charge in [-0.05, 0) is 44.9 Å². The van der Waals surface area contributed by atoms with Crippen LogP contribution in [-0.2, 0) is 0 Å². The van der Waals surface area contributed by atoms with Crippen LogP contribution in [0.4, 0.5) is 15.3 Å². The van der Waals surface area contributed by atoms with Gasteiger partial charge in [0.05, 0.1) is 10.0 Å². The Hall–Kier alpha value is -1.79. The zero-order valence-electron chi connectivity index (χ0n) is 14.8. The maximum Gasteiger partial charge on any atom is 0.347 e. The van der Waals surface area contributed by atoms with Crippen molar-refractivity contribution < 1.29 is 9.59 Å². The number of amides is 4. The van der Waals surface area contributed by atoms with Gasteiger partial charge < -0.3 is 10.6 Å². The number of benzene rings is 1. The number of carbonyl (C=O) groups excluding carboxylic acids is 2. The summed E-state index contributed by atoms with van der Waals surface area (Å²) in [5.41, 5.74) is 0.505. The molecule has 2 fully saturated rings. The smallest absolute Gasteiger partial charge is 0.334 e. The van der Waals surface area contributed by atoms with Crippen molar-refractivity contribution in [2.24, 2.45) is 10.9 Å². The minimum absolute atomic E-state index is 0.0442. The molecule has 6 nitrogen and oxygen atoms in total. The molecule has 0 aromatic heterocycles. The second-order valence-electron chi connectivity index (χ2n) is 6.94. The lowest BCUT2D eigenvalue weighted by Crippen LogP contribution is -2.62. The first-order valence-corrected chi connectivity index (χ1v) is 9.56. The molecule has 1 saturated heterocycles. The molecule has 1 aromatic rings. The highest BCUT2D eigenvalue weighted by Gasteiger charge is 2.41. The fourth-order valence-corrected chi connectivity index (χ4v) is 3.89. The third kappa shape index (κ3) is 3.96. The largest absolute Gasteiger partial charge is 0.347 e. The average molecular weight is 397 g/mol. The van der Waals surface area contributed by atoms with Crippen LogP contribution in [0.3, 0.4) is 0 Å². The molecule has 4 amide bonds. The number of carbonyl (C=O) groups is 2. The van der Waals surface area contributed by atoms with Crippen molar-refractivity contribution in [3.63, 3.8) is 0 Å². The van der Waals surface area contributed by atoms with Gasteiger partial charge >= 0.3 is 12.1 Å². The van der Waals surface area contributed by atoms with Crippen molar-refractivity contribution in [1.29, 1.82) is 0 Å². The summed E-state index contributed by atoms with van der Waals surface area (Å²) in [6.45, 7) is 3.82. The highest BCUT2D eigenvalue weighted by Crippen LogP contribution is 2.31. The molecular weight excluding hydrogens is 375 g/mol. The van der Waals surface area contributed by atoms with Gasteiger partial charge in [0.2, 0.25) is 0 Å². The first kappa shape index (κ1) is 19.0. The third-order valence-electron chi connectivity index (χ3n) is 4.78. The monoisotopic (exact) mass is 396 g/mol. The highest BCUT2D eigenvalue weighted by molar-refractivity contribution is 6.42. The van der Waals surface area contributed by atoms with Crippen molar-refractivity contribution in [3.05, 3.63) is 28.2 Å². The van der Waals surface area contributed by atoms with Crippen LogP contribution in [0.2, 0.25) is 10.0 Å². The van der Waals surface area contributed by atoms with Gasteiger partial charge in [0.25, 0.3) is 0 Å². The van der Waals surface area contributed by atoms with Crippen LogP contribution in [0, 0.1) is 5.92 Å². The van der Waals surface area contributed by atoms with Gasteiger partial charge in [0.15, 0.2) is 0 Å². The Kier molecular flexibility index (Phi) is 5.73. The quantitative estimate of drug-likeness (QED) is 0.744. The van der Waals surface area contributed by atoms with E-state index in [4.69, 9.17) is 23.2 Å². The predicted octanol–water partition coefficient (Wildman–Crippen LogP) is 4.92. The van der Waals surface area contributed by atoms with Crippen LogP contribution in [0.15, 0.2) is 23.2 Å². The Bertz CT molecular complexity index is 751. The second kappa shape index (κ2) is 7.84. The van der Waals surface area contributed by atoms with Crippen molar-refractivity contribution in [2.45, 2.75) is 51.6 Å². The number of hydrogen-bond acceptors (Lipinski definition) is 2. The number of nitrogens with one attached hydrogen (secondary N) is 2. The van der Waals surface area contributed by atoms with Crippen LogP contribution in [0.25, 0.3) is 0 Å². The Balaban J connectivity index is 1.86. The van der Waals surface area contributed by atoms with E-state index in [0.717, 1.165) is 25.7 Å². The number of hydrogen-bond donors (Lipinski definition) is 2. The molecule has 2 atom stereocenters. The molecular formula is C18H22Cl2N4O2. The van der Waals surface area contributed by atoms with Crippen molar-refractivity contribution in [1.82, 2.24) is 10.2 Å². The first-order valence-electron chi connectivity index (χ1n) is 8.81. The molecule has 2 N–H and O–H groups in total. The number of anilines is 1. The van der Waals surface area contributed by atoms with E-state index in [1.807, 2.05) is 13.8 Å². The van der Waals surface area contributed by atoms with Crippen molar-refractivity contribution >= 4 is 46.8 Å². The van der Waals surface area contributed by atoms with Crippen LogP contribution < -0.4 is 10.6 Å². The molecule has 0 spiro atoms. The molecule has 2 aliphatic rings. The van der Waals surface area contributed by atoms with Gasteiger partial charge in [-0.1, -0.05) is 36.0 Å². The summed E-state index contributed by atoms with van der Waals surface area (Å²) in [4.78, 5) is 30.8. The summed E-state index contributed by atoms with van der Waals surface area (Å²) in [5, 5.41) is 6.52. The number of aliphatic imine (C=N–C) groups is 1. The van der Waals surface area contributed by atoms with Gasteiger partial charge in [0, 0.05) is 23.7 Å². The first-order chi connectivity index (χ1) is 12.4. The van der Waals surface area contributed by atoms with Crippen LogP contribution in [0.1, 0.15) is 39.5 Å². The molecule has 1 aliphatic carbocycles. The average Bonchev–Trinajstić information content (AvgIpc) is 2.57. The predicted molar refractivity (Wildman–Crippen MR) is 104 cm³/mol. The number of amidine groups is 1. The van der Waals surface area contributed by atoms with Gasteiger partial charge in [0.1, 0.15) is 5.84 Å². The Morgan fingerprint density at radius 2 is 2.00 bits per heavy atom. The Morgan fingerprint density at radius 1 is 1.27 bits per heavy atom. The number of rotatable bonds is 2. The van der Waals surface area contributed by atoms with E-state index >= 15 is 0 Å². The fourth-order valence-electron chi connectivity index (χ4n) is 3.59. The van der Waals surface area contributed by atoms with Crippen molar-refractivity contribution in [2.75, 3.05) is 5.32 Å². The lowest BCUT2D eigenvalue weighted by atomic mass is 9.81. The molecule has 1 heterocycles. The van der Waals surface area contributed by atoms with Crippen molar-refractivity contribution in [3.8, 4) is 0 Å². The molecule has 2 unspecified atom stereocenters. The Labute approximate surface area is 162 Å². The van der Waals surface area contributed by atoms with E-state index in [1.165, 1.54) is 0 Å². The number of fused-ring (bicyclic) bond motifs is 1. The summed E-state index contributed by atoms with van der Waals surface area (Å²) in [5.74, 6) is 0.606. The number of halogens is 2. The number of nitrogens with zero attached hydrogens (tertiary/aromatic N) is 2. The topological polar surface area (TPSA) is 73.8 Å². The van der Waals surface area contributed by atoms with Gasteiger partial charge in [-0.25, -0.2) is 9.59 Å². The zero-order valence-corrected chi connectivity index (χ0v) is 16.3. The van der Waals surface area contributed by atoms with E-state index < -0.39 is 6.03 Å². The highest BCUT2D eigenvalue weighted by atomic mass is 35.5. The molecule has 0 bridgehead atoms. The summed E-state index contributed by atoms with van der Waals surface area (Å²) in [6.07, 6.45) is 3.96. The molecule has 26 heavy (non-hydrogen) atoms. The lowest BCUT2D eigenvalue weighted by Gasteiger charge is -2.43. The Morgan fingerprint density at radius 3 is 2.69 bits per heavy atom.